The molecule has 0 saturated heterocycles. The first kappa shape index (κ1) is 31.2. The van der Waals surface area contributed by atoms with Gasteiger partial charge < -0.3 is 45.5 Å². The quantitative estimate of drug-likeness (QED) is 0.116. The Bertz CT molecular complexity index is 589. The fourth-order valence-corrected chi connectivity index (χ4v) is 2.76. The minimum Gasteiger partial charge on any atom is -0.369 e. The molecule has 1 rings (SSSR count). The lowest BCUT2D eigenvalue weighted by atomic mass is 10.3. The Morgan fingerprint density at radius 3 is 1.23 bits per heavy atom. The summed E-state index contributed by atoms with van der Waals surface area (Å²) in [6.07, 6.45) is 2.88. The standard InChI is InChI=1S/C23H46N6O6/c1-5-9-13-32-19(33-14-10-6-2)17(30)25-22-27-21(24)28-23(29-22)26-18(31)20(34-15-11-7-3)35-16-12-8-4/h17-20,30-31H,5-16H2,1-4H3,(H4,24,25,26,27,28,29). The van der Waals surface area contributed by atoms with Crippen LogP contribution in [0.3, 0.4) is 0 Å². The summed E-state index contributed by atoms with van der Waals surface area (Å²) in [6, 6.07) is 0. The van der Waals surface area contributed by atoms with Gasteiger partial charge in [0.15, 0.2) is 12.5 Å². The third kappa shape index (κ3) is 13.7. The van der Waals surface area contributed by atoms with E-state index in [1.54, 1.807) is 0 Å². The molecule has 6 N–H and O–H groups in total. The Kier molecular flexibility index (Phi) is 17.3. The molecule has 0 aliphatic carbocycles. The molecule has 12 nitrogen and oxygen atoms in total. The van der Waals surface area contributed by atoms with Crippen molar-refractivity contribution in [2.45, 2.75) is 104 Å². The van der Waals surface area contributed by atoms with E-state index in [1.165, 1.54) is 0 Å². The number of nitrogens with zero attached hydrogens (tertiary/aromatic N) is 3. The molecule has 1 aromatic rings. The predicted molar refractivity (Wildman–Crippen MR) is 135 cm³/mol. The Morgan fingerprint density at radius 2 is 0.943 bits per heavy atom. The van der Waals surface area contributed by atoms with E-state index in [4.69, 9.17) is 24.7 Å². The van der Waals surface area contributed by atoms with E-state index in [2.05, 4.69) is 53.3 Å². The van der Waals surface area contributed by atoms with Gasteiger partial charge in [0, 0.05) is 26.4 Å². The van der Waals surface area contributed by atoms with Crippen molar-refractivity contribution < 1.29 is 29.2 Å². The average Bonchev–Trinajstić information content (AvgIpc) is 2.82. The van der Waals surface area contributed by atoms with E-state index in [-0.39, 0.29) is 17.8 Å². The summed E-state index contributed by atoms with van der Waals surface area (Å²) in [7, 11) is 0. The summed E-state index contributed by atoms with van der Waals surface area (Å²) in [5, 5.41) is 26.8. The third-order valence-corrected chi connectivity index (χ3v) is 4.84. The number of aliphatic hydroxyl groups is 2. The molecule has 35 heavy (non-hydrogen) atoms. The Labute approximate surface area is 209 Å². The van der Waals surface area contributed by atoms with Gasteiger partial charge in [-0.15, -0.1) is 0 Å². The van der Waals surface area contributed by atoms with Crippen molar-refractivity contribution in [1.82, 2.24) is 15.0 Å². The van der Waals surface area contributed by atoms with E-state index in [0.717, 1.165) is 51.4 Å². The van der Waals surface area contributed by atoms with Crippen LogP contribution in [0.25, 0.3) is 0 Å². The number of hydrogen-bond acceptors (Lipinski definition) is 12. The highest BCUT2D eigenvalue weighted by atomic mass is 16.7. The zero-order valence-electron chi connectivity index (χ0n) is 21.7. The number of nitrogens with one attached hydrogen (secondary N) is 2. The number of ether oxygens (including phenoxy) is 4. The maximum Gasteiger partial charge on any atom is 0.231 e. The number of aromatic nitrogens is 3. The number of aliphatic hydroxyl groups excluding tert-OH is 2. The van der Waals surface area contributed by atoms with Crippen molar-refractivity contribution in [3.05, 3.63) is 0 Å². The van der Waals surface area contributed by atoms with Crippen molar-refractivity contribution >= 4 is 17.8 Å². The molecule has 204 valence electrons. The van der Waals surface area contributed by atoms with Gasteiger partial charge in [-0.25, -0.2) is 0 Å². The van der Waals surface area contributed by atoms with Crippen molar-refractivity contribution in [2.75, 3.05) is 42.8 Å². The highest BCUT2D eigenvalue weighted by Crippen LogP contribution is 2.14. The number of rotatable bonds is 22. The van der Waals surface area contributed by atoms with Crippen LogP contribution in [0.2, 0.25) is 0 Å². The summed E-state index contributed by atoms with van der Waals surface area (Å²) in [6.45, 7) is 9.99. The molecular formula is C23H46N6O6. The van der Waals surface area contributed by atoms with Crippen molar-refractivity contribution in [3.63, 3.8) is 0 Å². The number of nitrogens with two attached hydrogens (primary N) is 1. The first-order valence-corrected chi connectivity index (χ1v) is 12.8. The molecule has 1 aromatic heterocycles. The van der Waals surface area contributed by atoms with Crippen LogP contribution >= 0.6 is 0 Å². The second kappa shape index (κ2) is 19.4. The summed E-state index contributed by atoms with van der Waals surface area (Å²) in [5.74, 6) is -0.105. The number of anilines is 3. The molecule has 0 spiro atoms. The second-order valence-corrected chi connectivity index (χ2v) is 8.15. The first-order chi connectivity index (χ1) is 16.9. The minimum atomic E-state index is -1.24. The molecule has 2 unspecified atom stereocenters. The Morgan fingerprint density at radius 1 is 0.629 bits per heavy atom. The van der Waals surface area contributed by atoms with Gasteiger partial charge in [-0.05, 0) is 25.7 Å². The lowest BCUT2D eigenvalue weighted by molar-refractivity contribution is -0.188. The monoisotopic (exact) mass is 502 g/mol. The highest BCUT2D eigenvalue weighted by Gasteiger charge is 2.24. The molecule has 1 heterocycles. The van der Waals surface area contributed by atoms with Crippen molar-refractivity contribution in [1.29, 1.82) is 0 Å². The van der Waals surface area contributed by atoms with Crippen molar-refractivity contribution in [3.8, 4) is 0 Å². The van der Waals surface area contributed by atoms with Gasteiger partial charge in [-0.2, -0.15) is 15.0 Å². The van der Waals surface area contributed by atoms with Crippen LogP contribution in [0.15, 0.2) is 0 Å². The largest absolute Gasteiger partial charge is 0.369 e. The van der Waals surface area contributed by atoms with E-state index in [1.807, 2.05) is 0 Å². The Balaban J connectivity index is 2.83. The molecule has 0 aliphatic heterocycles. The van der Waals surface area contributed by atoms with E-state index in [9.17, 15) is 10.2 Å². The molecule has 0 radical (unpaired) electrons. The number of hydrogen-bond donors (Lipinski definition) is 5. The fourth-order valence-electron chi connectivity index (χ4n) is 2.76. The minimum absolute atomic E-state index is 0.00163. The molecule has 12 heteroatoms. The van der Waals surface area contributed by atoms with E-state index in [0.29, 0.717) is 26.4 Å². The summed E-state index contributed by atoms with van der Waals surface area (Å²) < 4.78 is 22.7. The fraction of sp³-hybridized carbons (Fsp3) is 0.870. The van der Waals surface area contributed by atoms with Crippen LogP contribution in [-0.2, 0) is 18.9 Å². The van der Waals surface area contributed by atoms with Gasteiger partial charge in [-0.1, -0.05) is 53.4 Å². The van der Waals surface area contributed by atoms with Crippen LogP contribution in [0, 0.1) is 0 Å². The summed E-state index contributed by atoms with van der Waals surface area (Å²) >= 11 is 0. The van der Waals surface area contributed by atoms with Gasteiger partial charge in [0.1, 0.15) is 0 Å². The Hall–Kier alpha value is -1.83. The zero-order valence-corrected chi connectivity index (χ0v) is 21.7. The molecule has 0 amide bonds. The lowest BCUT2D eigenvalue weighted by Gasteiger charge is -2.25. The third-order valence-electron chi connectivity index (χ3n) is 4.84. The predicted octanol–water partition coefficient (Wildman–Crippen LogP) is 2.83. The molecule has 0 bridgehead atoms. The maximum atomic E-state index is 10.6. The molecule has 0 aliphatic rings. The summed E-state index contributed by atoms with van der Waals surface area (Å²) in [5.41, 5.74) is 5.83. The highest BCUT2D eigenvalue weighted by molar-refractivity contribution is 5.40. The molecule has 0 aromatic carbocycles. The van der Waals surface area contributed by atoms with E-state index >= 15 is 0 Å². The van der Waals surface area contributed by atoms with Gasteiger partial charge in [0.05, 0.1) is 0 Å². The normalized spacial score (nSPS) is 13.4. The summed E-state index contributed by atoms with van der Waals surface area (Å²) in [4.78, 5) is 12.2. The number of nitrogen functional groups attached to an aromatic ring is 1. The van der Waals surface area contributed by atoms with Crippen molar-refractivity contribution in [2.24, 2.45) is 0 Å². The van der Waals surface area contributed by atoms with Gasteiger partial charge in [-0.3, -0.25) is 0 Å². The van der Waals surface area contributed by atoms with Gasteiger partial charge in [0.25, 0.3) is 0 Å². The van der Waals surface area contributed by atoms with E-state index < -0.39 is 25.0 Å². The SMILES string of the molecule is CCCCOC(OCCCC)C(O)Nc1nc(N)nc(NC(O)C(OCCCC)OCCCC)n1. The molecule has 0 saturated carbocycles. The number of unbranched alkanes of at least 4 members (excludes halogenated alkanes) is 4. The smallest absolute Gasteiger partial charge is 0.231 e. The lowest BCUT2D eigenvalue weighted by Crippen LogP contribution is -2.40. The van der Waals surface area contributed by atoms with Gasteiger partial charge in [0.2, 0.25) is 30.4 Å². The van der Waals surface area contributed by atoms with Crippen LogP contribution < -0.4 is 16.4 Å². The zero-order chi connectivity index (χ0) is 25.9. The van der Waals surface area contributed by atoms with Gasteiger partial charge >= 0.3 is 0 Å². The van der Waals surface area contributed by atoms with Crippen LogP contribution in [0.5, 0.6) is 0 Å². The first-order valence-electron chi connectivity index (χ1n) is 12.8. The maximum absolute atomic E-state index is 10.6. The van der Waals surface area contributed by atoms with Crippen LogP contribution in [0.1, 0.15) is 79.1 Å². The second-order valence-electron chi connectivity index (χ2n) is 8.15. The topological polar surface area (TPSA) is 166 Å². The average molecular weight is 503 g/mol. The van der Waals surface area contributed by atoms with Crippen LogP contribution in [0.4, 0.5) is 17.8 Å². The molecule has 0 fully saturated rings. The molecular weight excluding hydrogens is 456 g/mol. The molecule has 2 atom stereocenters. The van der Waals surface area contributed by atoms with Crippen LogP contribution in [-0.4, -0.2) is 76.6 Å².